The standard InChI is InChI=1S/C15H15ClN2O/c1-10-3-5-12(6-4-10)11(2)18-15(19)13-7-8-14(16)17-9-13/h3-9,11H,1-2H3,(H,18,19). The lowest BCUT2D eigenvalue weighted by molar-refractivity contribution is 0.0939. The Kier molecular flexibility index (Phi) is 4.17. The molecule has 1 aromatic carbocycles. The Balaban J connectivity index is 2.06. The summed E-state index contributed by atoms with van der Waals surface area (Å²) in [6, 6.07) is 11.3. The first-order chi connectivity index (χ1) is 9.06. The Bertz CT molecular complexity index is 564. The third-order valence-electron chi connectivity index (χ3n) is 2.91. The highest BCUT2D eigenvalue weighted by Gasteiger charge is 2.11. The molecule has 1 atom stereocenters. The van der Waals surface area contributed by atoms with Gasteiger partial charge in [-0.15, -0.1) is 0 Å². The molecule has 19 heavy (non-hydrogen) atoms. The number of rotatable bonds is 3. The van der Waals surface area contributed by atoms with Crippen LogP contribution in [0.4, 0.5) is 0 Å². The molecular formula is C15H15ClN2O. The summed E-state index contributed by atoms with van der Waals surface area (Å²) in [6.07, 6.45) is 1.47. The van der Waals surface area contributed by atoms with E-state index in [1.165, 1.54) is 11.8 Å². The van der Waals surface area contributed by atoms with Gasteiger partial charge in [-0.2, -0.15) is 0 Å². The third-order valence-corrected chi connectivity index (χ3v) is 3.14. The maximum absolute atomic E-state index is 12.0. The van der Waals surface area contributed by atoms with E-state index >= 15 is 0 Å². The summed E-state index contributed by atoms with van der Waals surface area (Å²) in [5, 5.41) is 3.31. The first-order valence-electron chi connectivity index (χ1n) is 6.05. The molecule has 4 heteroatoms. The first-order valence-corrected chi connectivity index (χ1v) is 6.43. The molecule has 1 N–H and O–H groups in total. The number of carbonyl (C=O) groups is 1. The van der Waals surface area contributed by atoms with Crippen molar-refractivity contribution in [1.82, 2.24) is 10.3 Å². The summed E-state index contributed by atoms with van der Waals surface area (Å²) in [5.41, 5.74) is 2.77. The van der Waals surface area contributed by atoms with E-state index in [1.807, 2.05) is 38.1 Å². The number of pyridine rings is 1. The van der Waals surface area contributed by atoms with Gasteiger partial charge in [0.2, 0.25) is 0 Å². The van der Waals surface area contributed by atoms with Crippen molar-refractivity contribution >= 4 is 17.5 Å². The zero-order chi connectivity index (χ0) is 13.8. The van der Waals surface area contributed by atoms with Gasteiger partial charge in [-0.25, -0.2) is 4.98 Å². The maximum atomic E-state index is 12.0. The van der Waals surface area contributed by atoms with Crippen LogP contribution in [0.3, 0.4) is 0 Å². The Morgan fingerprint density at radius 2 is 1.89 bits per heavy atom. The zero-order valence-electron chi connectivity index (χ0n) is 10.9. The topological polar surface area (TPSA) is 42.0 Å². The van der Waals surface area contributed by atoms with Crippen molar-refractivity contribution < 1.29 is 4.79 Å². The van der Waals surface area contributed by atoms with Gasteiger partial charge in [0.25, 0.3) is 5.91 Å². The van der Waals surface area contributed by atoms with Gasteiger partial charge in [0, 0.05) is 6.20 Å². The van der Waals surface area contributed by atoms with E-state index in [1.54, 1.807) is 12.1 Å². The van der Waals surface area contributed by atoms with Crippen molar-refractivity contribution in [3.8, 4) is 0 Å². The molecule has 3 nitrogen and oxygen atoms in total. The summed E-state index contributed by atoms with van der Waals surface area (Å²) in [4.78, 5) is 15.9. The van der Waals surface area contributed by atoms with Crippen molar-refractivity contribution in [1.29, 1.82) is 0 Å². The summed E-state index contributed by atoms with van der Waals surface area (Å²) in [6.45, 7) is 3.98. The largest absolute Gasteiger partial charge is 0.345 e. The normalized spacial score (nSPS) is 11.9. The number of aryl methyl sites for hydroxylation is 1. The van der Waals surface area contributed by atoms with E-state index in [0.29, 0.717) is 10.7 Å². The number of benzene rings is 1. The summed E-state index contributed by atoms with van der Waals surface area (Å²) in [7, 11) is 0. The zero-order valence-corrected chi connectivity index (χ0v) is 11.6. The average molecular weight is 275 g/mol. The quantitative estimate of drug-likeness (QED) is 0.870. The van der Waals surface area contributed by atoms with Gasteiger partial charge >= 0.3 is 0 Å². The van der Waals surface area contributed by atoms with E-state index in [4.69, 9.17) is 11.6 Å². The van der Waals surface area contributed by atoms with Crippen molar-refractivity contribution in [2.24, 2.45) is 0 Å². The highest BCUT2D eigenvalue weighted by molar-refractivity contribution is 6.29. The van der Waals surface area contributed by atoms with Gasteiger partial charge in [0.1, 0.15) is 5.15 Å². The van der Waals surface area contributed by atoms with Gasteiger partial charge in [0.05, 0.1) is 11.6 Å². The van der Waals surface area contributed by atoms with E-state index in [-0.39, 0.29) is 11.9 Å². The van der Waals surface area contributed by atoms with E-state index in [0.717, 1.165) is 5.56 Å². The van der Waals surface area contributed by atoms with Crippen molar-refractivity contribution in [2.45, 2.75) is 19.9 Å². The van der Waals surface area contributed by atoms with Crippen LogP contribution in [0.5, 0.6) is 0 Å². The van der Waals surface area contributed by atoms with Crippen LogP contribution >= 0.6 is 11.6 Å². The molecule has 0 saturated heterocycles. The second-order valence-electron chi connectivity index (χ2n) is 4.48. The number of hydrogen-bond acceptors (Lipinski definition) is 2. The lowest BCUT2D eigenvalue weighted by Gasteiger charge is -2.14. The number of aromatic nitrogens is 1. The van der Waals surface area contributed by atoms with Gasteiger partial charge in [0.15, 0.2) is 0 Å². The maximum Gasteiger partial charge on any atom is 0.253 e. The second kappa shape index (κ2) is 5.85. The van der Waals surface area contributed by atoms with Crippen LogP contribution in [-0.2, 0) is 0 Å². The highest BCUT2D eigenvalue weighted by Crippen LogP contribution is 2.14. The molecule has 0 aliphatic carbocycles. The van der Waals surface area contributed by atoms with Crippen LogP contribution in [0.1, 0.15) is 34.5 Å². The van der Waals surface area contributed by atoms with E-state index < -0.39 is 0 Å². The van der Waals surface area contributed by atoms with Crippen LogP contribution in [0.25, 0.3) is 0 Å². The number of hydrogen-bond donors (Lipinski definition) is 1. The molecule has 0 radical (unpaired) electrons. The molecule has 98 valence electrons. The molecule has 1 heterocycles. The van der Waals surface area contributed by atoms with Gasteiger partial charge < -0.3 is 5.32 Å². The molecule has 0 fully saturated rings. The van der Waals surface area contributed by atoms with Gasteiger partial charge in [-0.3, -0.25) is 4.79 Å². The van der Waals surface area contributed by atoms with Crippen molar-refractivity contribution in [2.75, 3.05) is 0 Å². The van der Waals surface area contributed by atoms with Gasteiger partial charge in [-0.1, -0.05) is 41.4 Å². The Hall–Kier alpha value is -1.87. The van der Waals surface area contributed by atoms with Crippen molar-refractivity contribution in [3.63, 3.8) is 0 Å². The Morgan fingerprint density at radius 3 is 2.47 bits per heavy atom. The predicted molar refractivity (Wildman–Crippen MR) is 76.3 cm³/mol. The summed E-state index contributed by atoms with van der Waals surface area (Å²) >= 11 is 5.69. The second-order valence-corrected chi connectivity index (χ2v) is 4.86. The SMILES string of the molecule is Cc1ccc(C(C)NC(=O)c2ccc(Cl)nc2)cc1. The molecule has 1 amide bonds. The molecule has 0 bridgehead atoms. The predicted octanol–water partition coefficient (Wildman–Crippen LogP) is 3.53. The molecule has 0 spiro atoms. The number of carbonyl (C=O) groups excluding carboxylic acids is 1. The van der Waals surface area contributed by atoms with E-state index in [9.17, 15) is 4.79 Å². The number of nitrogens with zero attached hydrogens (tertiary/aromatic N) is 1. The van der Waals surface area contributed by atoms with Crippen molar-refractivity contribution in [3.05, 3.63) is 64.4 Å². The fourth-order valence-corrected chi connectivity index (χ4v) is 1.84. The molecule has 1 aromatic heterocycles. The molecule has 2 rings (SSSR count). The number of nitrogens with one attached hydrogen (secondary N) is 1. The molecule has 0 aliphatic heterocycles. The molecule has 0 aliphatic rings. The number of halogens is 1. The fraction of sp³-hybridized carbons (Fsp3) is 0.200. The van der Waals surface area contributed by atoms with Crippen LogP contribution in [0.2, 0.25) is 5.15 Å². The first kappa shape index (κ1) is 13.6. The average Bonchev–Trinajstić information content (AvgIpc) is 2.40. The Labute approximate surface area is 117 Å². The van der Waals surface area contributed by atoms with Crippen LogP contribution in [0, 0.1) is 6.92 Å². The van der Waals surface area contributed by atoms with Crippen LogP contribution in [-0.4, -0.2) is 10.9 Å². The summed E-state index contributed by atoms with van der Waals surface area (Å²) in [5.74, 6) is -0.155. The minimum atomic E-state index is -0.155. The Morgan fingerprint density at radius 1 is 1.21 bits per heavy atom. The fourth-order valence-electron chi connectivity index (χ4n) is 1.73. The lowest BCUT2D eigenvalue weighted by atomic mass is 10.1. The molecular weight excluding hydrogens is 260 g/mol. The molecule has 0 saturated carbocycles. The molecule has 1 unspecified atom stereocenters. The van der Waals surface area contributed by atoms with E-state index in [2.05, 4.69) is 10.3 Å². The minimum absolute atomic E-state index is 0.0521. The smallest absolute Gasteiger partial charge is 0.253 e. The monoisotopic (exact) mass is 274 g/mol. The minimum Gasteiger partial charge on any atom is -0.345 e. The summed E-state index contributed by atoms with van der Waals surface area (Å²) < 4.78 is 0. The third kappa shape index (κ3) is 3.55. The number of amides is 1. The highest BCUT2D eigenvalue weighted by atomic mass is 35.5. The molecule has 2 aromatic rings. The van der Waals surface area contributed by atoms with Crippen LogP contribution < -0.4 is 5.32 Å². The van der Waals surface area contributed by atoms with Crippen LogP contribution in [0.15, 0.2) is 42.6 Å². The lowest BCUT2D eigenvalue weighted by Crippen LogP contribution is -2.26. The van der Waals surface area contributed by atoms with Gasteiger partial charge in [-0.05, 0) is 31.5 Å².